The molecule has 0 aliphatic heterocycles. The first-order chi connectivity index (χ1) is 11.5. The average molecular weight is 321 g/mol. The molecule has 4 N–H and O–H groups in total. The summed E-state index contributed by atoms with van der Waals surface area (Å²) in [5, 5.41) is 11.9. The first-order valence-electron chi connectivity index (χ1n) is 7.39. The zero-order valence-electron chi connectivity index (χ0n) is 13.2. The summed E-state index contributed by atoms with van der Waals surface area (Å²) >= 11 is 0. The number of benzene rings is 1. The lowest BCUT2D eigenvalue weighted by atomic mass is 10.1. The van der Waals surface area contributed by atoms with Crippen molar-refractivity contribution in [1.29, 1.82) is 0 Å². The van der Waals surface area contributed by atoms with E-state index in [9.17, 15) is 4.79 Å². The highest BCUT2D eigenvalue weighted by molar-refractivity contribution is 5.86. The molecule has 0 radical (unpaired) electrons. The molecule has 0 aliphatic rings. The van der Waals surface area contributed by atoms with Gasteiger partial charge in [0, 0.05) is 12.7 Å². The largest absolute Gasteiger partial charge is 0.382 e. The summed E-state index contributed by atoms with van der Waals surface area (Å²) in [5.74, 6) is 0.620. The highest BCUT2D eigenvalue weighted by atomic mass is 16.1. The van der Waals surface area contributed by atoms with Crippen LogP contribution in [0.3, 0.4) is 0 Å². The lowest BCUT2D eigenvalue weighted by Crippen LogP contribution is -2.10. The SMILES string of the molecule is Cc1cc(-c2[nH]nc(N)c2-c2nc3ccccc3c(=O)[nH]2)nn1C. The summed E-state index contributed by atoms with van der Waals surface area (Å²) in [5.41, 5.74) is 9.22. The van der Waals surface area contributed by atoms with Gasteiger partial charge in [0.05, 0.1) is 22.2 Å². The molecule has 120 valence electrons. The number of nitrogens with two attached hydrogens (primary N) is 1. The van der Waals surface area contributed by atoms with Crippen LogP contribution in [-0.4, -0.2) is 29.9 Å². The van der Waals surface area contributed by atoms with Crippen molar-refractivity contribution in [2.24, 2.45) is 7.05 Å². The van der Waals surface area contributed by atoms with Crippen LogP contribution in [0.5, 0.6) is 0 Å². The fraction of sp³-hybridized carbons (Fsp3) is 0.125. The number of nitrogen functional groups attached to an aromatic ring is 1. The Bertz CT molecular complexity index is 1100. The molecule has 0 spiro atoms. The Labute approximate surface area is 136 Å². The van der Waals surface area contributed by atoms with Crippen molar-refractivity contribution in [3.05, 3.63) is 46.4 Å². The molecule has 0 unspecified atom stereocenters. The second-order valence-corrected chi connectivity index (χ2v) is 5.59. The number of hydrogen-bond acceptors (Lipinski definition) is 5. The van der Waals surface area contributed by atoms with E-state index in [2.05, 4.69) is 25.3 Å². The van der Waals surface area contributed by atoms with Gasteiger partial charge >= 0.3 is 0 Å². The van der Waals surface area contributed by atoms with E-state index < -0.39 is 0 Å². The third kappa shape index (κ3) is 2.08. The monoisotopic (exact) mass is 321 g/mol. The normalized spacial score (nSPS) is 11.2. The standard InChI is InChI=1S/C16H15N7O/c1-8-7-11(22-23(8)2)13-12(14(17)21-20-13)15-18-10-6-4-3-5-9(10)16(24)19-15/h3-7H,1-2H3,(H3,17,20,21)(H,18,19,24). The lowest BCUT2D eigenvalue weighted by Gasteiger charge is -2.04. The molecule has 8 heteroatoms. The van der Waals surface area contributed by atoms with Gasteiger partial charge in [-0.25, -0.2) is 4.98 Å². The number of nitrogens with one attached hydrogen (secondary N) is 2. The van der Waals surface area contributed by atoms with E-state index in [1.165, 1.54) is 0 Å². The van der Waals surface area contributed by atoms with Gasteiger partial charge in [-0.1, -0.05) is 12.1 Å². The lowest BCUT2D eigenvalue weighted by molar-refractivity contribution is 0.742. The Morgan fingerprint density at radius 2 is 2.04 bits per heavy atom. The Balaban J connectivity index is 1.98. The first kappa shape index (κ1) is 14.2. The number of para-hydroxylation sites is 1. The minimum absolute atomic E-state index is 0.223. The smallest absolute Gasteiger partial charge is 0.259 e. The fourth-order valence-corrected chi connectivity index (χ4v) is 2.67. The maximum atomic E-state index is 12.3. The summed E-state index contributed by atoms with van der Waals surface area (Å²) in [7, 11) is 1.86. The summed E-state index contributed by atoms with van der Waals surface area (Å²) in [4.78, 5) is 19.6. The molecule has 0 saturated carbocycles. The topological polar surface area (TPSA) is 118 Å². The molecule has 0 bridgehead atoms. The van der Waals surface area contributed by atoms with Crippen LogP contribution < -0.4 is 11.3 Å². The van der Waals surface area contributed by atoms with Crippen molar-refractivity contribution < 1.29 is 0 Å². The maximum Gasteiger partial charge on any atom is 0.259 e. The summed E-state index contributed by atoms with van der Waals surface area (Å²) in [6.45, 7) is 1.95. The summed E-state index contributed by atoms with van der Waals surface area (Å²) < 4.78 is 1.76. The number of H-pyrrole nitrogens is 2. The number of hydrogen-bond donors (Lipinski definition) is 3. The molecule has 3 heterocycles. The number of aryl methyl sites for hydroxylation is 2. The summed E-state index contributed by atoms with van der Waals surface area (Å²) in [6.07, 6.45) is 0. The van der Waals surface area contributed by atoms with Crippen LogP contribution in [0.25, 0.3) is 33.7 Å². The average Bonchev–Trinajstić information content (AvgIpc) is 3.10. The third-order valence-corrected chi connectivity index (χ3v) is 4.01. The molecule has 0 atom stereocenters. The molecule has 8 nitrogen and oxygen atoms in total. The van der Waals surface area contributed by atoms with Crippen LogP contribution >= 0.6 is 0 Å². The molecule has 4 aromatic rings. The molecule has 3 aromatic heterocycles. The predicted octanol–water partition coefficient (Wildman–Crippen LogP) is 1.60. The van der Waals surface area contributed by atoms with E-state index in [4.69, 9.17) is 5.73 Å². The number of aromatic nitrogens is 6. The highest BCUT2D eigenvalue weighted by Gasteiger charge is 2.20. The quantitative estimate of drug-likeness (QED) is 0.518. The van der Waals surface area contributed by atoms with Crippen molar-refractivity contribution in [2.75, 3.05) is 5.73 Å². The van der Waals surface area contributed by atoms with Gasteiger partial charge in [0.15, 0.2) is 5.82 Å². The zero-order chi connectivity index (χ0) is 16.8. The Kier molecular flexibility index (Phi) is 2.99. The highest BCUT2D eigenvalue weighted by Crippen LogP contribution is 2.32. The van der Waals surface area contributed by atoms with Crippen LogP contribution in [0.1, 0.15) is 5.69 Å². The van der Waals surface area contributed by atoms with Crippen LogP contribution in [-0.2, 0) is 7.05 Å². The van der Waals surface area contributed by atoms with Crippen LogP contribution in [0.15, 0.2) is 35.1 Å². The molecule has 1 aromatic carbocycles. The van der Waals surface area contributed by atoms with E-state index in [0.717, 1.165) is 5.69 Å². The van der Waals surface area contributed by atoms with E-state index in [0.29, 0.717) is 33.7 Å². The Morgan fingerprint density at radius 3 is 2.79 bits per heavy atom. The van der Waals surface area contributed by atoms with Gasteiger partial charge < -0.3 is 10.7 Å². The molecule has 0 fully saturated rings. The Morgan fingerprint density at radius 1 is 1.25 bits per heavy atom. The van der Waals surface area contributed by atoms with E-state index >= 15 is 0 Å². The Hall–Kier alpha value is -3.42. The summed E-state index contributed by atoms with van der Waals surface area (Å²) in [6, 6.07) is 9.06. The fourth-order valence-electron chi connectivity index (χ4n) is 2.67. The van der Waals surface area contributed by atoms with Crippen LogP contribution in [0, 0.1) is 6.92 Å². The molecular weight excluding hydrogens is 306 g/mol. The third-order valence-electron chi connectivity index (χ3n) is 4.01. The van der Waals surface area contributed by atoms with Crippen molar-refractivity contribution >= 4 is 16.7 Å². The number of nitrogens with zero attached hydrogens (tertiary/aromatic N) is 4. The van der Waals surface area contributed by atoms with Gasteiger partial charge in [0.1, 0.15) is 11.5 Å². The van der Waals surface area contributed by atoms with E-state index in [1.54, 1.807) is 22.9 Å². The van der Waals surface area contributed by atoms with Crippen LogP contribution in [0.2, 0.25) is 0 Å². The van der Waals surface area contributed by atoms with Gasteiger partial charge in [0.2, 0.25) is 0 Å². The molecular formula is C16H15N7O. The first-order valence-corrected chi connectivity index (χ1v) is 7.39. The van der Waals surface area contributed by atoms with Crippen molar-refractivity contribution in [3.8, 4) is 22.8 Å². The minimum atomic E-state index is -0.223. The van der Waals surface area contributed by atoms with E-state index in [1.807, 2.05) is 26.1 Å². The van der Waals surface area contributed by atoms with E-state index in [-0.39, 0.29) is 11.4 Å². The number of fused-ring (bicyclic) bond motifs is 1. The van der Waals surface area contributed by atoms with Crippen molar-refractivity contribution in [3.63, 3.8) is 0 Å². The second kappa shape index (κ2) is 5.05. The van der Waals surface area contributed by atoms with Crippen molar-refractivity contribution in [1.82, 2.24) is 29.9 Å². The van der Waals surface area contributed by atoms with Gasteiger partial charge in [-0.05, 0) is 25.1 Å². The predicted molar refractivity (Wildman–Crippen MR) is 91.3 cm³/mol. The maximum absolute atomic E-state index is 12.3. The van der Waals surface area contributed by atoms with Crippen LogP contribution in [0.4, 0.5) is 5.82 Å². The second-order valence-electron chi connectivity index (χ2n) is 5.59. The number of rotatable bonds is 2. The van der Waals surface area contributed by atoms with Gasteiger partial charge in [-0.3, -0.25) is 14.6 Å². The van der Waals surface area contributed by atoms with Gasteiger partial charge in [0.25, 0.3) is 5.56 Å². The molecule has 0 saturated heterocycles. The number of anilines is 1. The molecule has 24 heavy (non-hydrogen) atoms. The zero-order valence-corrected chi connectivity index (χ0v) is 13.2. The molecule has 4 rings (SSSR count). The van der Waals surface area contributed by atoms with Crippen molar-refractivity contribution in [2.45, 2.75) is 6.92 Å². The number of aromatic amines is 2. The minimum Gasteiger partial charge on any atom is -0.382 e. The van der Waals surface area contributed by atoms with Gasteiger partial charge in [-0.15, -0.1) is 0 Å². The molecule has 0 amide bonds. The van der Waals surface area contributed by atoms with Gasteiger partial charge in [-0.2, -0.15) is 10.2 Å². The molecule has 0 aliphatic carbocycles.